The lowest BCUT2D eigenvalue weighted by atomic mass is 10.0. The van der Waals surface area contributed by atoms with Crippen LogP contribution in [-0.2, 0) is 6.54 Å². The van der Waals surface area contributed by atoms with Crippen LogP contribution in [0.5, 0.6) is 0 Å². The second-order valence-electron chi connectivity index (χ2n) is 5.15. The zero-order valence-corrected chi connectivity index (χ0v) is 11.8. The first kappa shape index (κ1) is 12.8. The smallest absolute Gasteiger partial charge is 0.236 e. The van der Waals surface area contributed by atoms with Crippen LogP contribution in [0.1, 0.15) is 19.0 Å². The van der Waals surface area contributed by atoms with Crippen LogP contribution in [0, 0.1) is 5.92 Å². The summed E-state index contributed by atoms with van der Waals surface area (Å²) in [6.07, 6.45) is 2.59. The first-order valence-corrected chi connectivity index (χ1v) is 7.49. The van der Waals surface area contributed by atoms with Gasteiger partial charge in [-0.3, -0.25) is 4.90 Å². The van der Waals surface area contributed by atoms with Gasteiger partial charge in [0.15, 0.2) is 0 Å². The highest BCUT2D eigenvalue weighted by molar-refractivity contribution is 7.13. The Morgan fingerprint density at radius 3 is 3.21 bits per heavy atom. The molecule has 0 spiro atoms. The SMILES string of the molecule is CC(O)C1CCN(Cc2coc(-c3cccs3)n2)C1. The van der Waals surface area contributed by atoms with Crippen molar-refractivity contribution in [3.05, 3.63) is 29.5 Å². The minimum Gasteiger partial charge on any atom is -0.444 e. The summed E-state index contributed by atoms with van der Waals surface area (Å²) in [7, 11) is 0. The fourth-order valence-electron chi connectivity index (χ4n) is 2.52. The van der Waals surface area contributed by atoms with E-state index in [0.717, 1.165) is 36.6 Å². The summed E-state index contributed by atoms with van der Waals surface area (Å²) in [4.78, 5) is 7.92. The number of nitrogens with zero attached hydrogens (tertiary/aromatic N) is 2. The lowest BCUT2D eigenvalue weighted by Crippen LogP contribution is -2.24. The van der Waals surface area contributed by atoms with Crippen LogP contribution in [0.3, 0.4) is 0 Å². The van der Waals surface area contributed by atoms with Gasteiger partial charge in [-0.2, -0.15) is 0 Å². The number of oxazole rings is 1. The highest BCUT2D eigenvalue weighted by atomic mass is 32.1. The highest BCUT2D eigenvalue weighted by Gasteiger charge is 2.26. The fourth-order valence-corrected chi connectivity index (χ4v) is 3.18. The Morgan fingerprint density at radius 2 is 2.53 bits per heavy atom. The lowest BCUT2D eigenvalue weighted by Gasteiger charge is -2.15. The van der Waals surface area contributed by atoms with Gasteiger partial charge in [-0.25, -0.2) is 4.98 Å². The predicted molar refractivity (Wildman–Crippen MR) is 74.9 cm³/mol. The molecule has 3 heterocycles. The van der Waals surface area contributed by atoms with Gasteiger partial charge in [0.25, 0.3) is 0 Å². The maximum absolute atomic E-state index is 9.61. The maximum Gasteiger partial charge on any atom is 0.236 e. The number of aliphatic hydroxyl groups is 1. The van der Waals surface area contributed by atoms with Crippen molar-refractivity contribution in [1.29, 1.82) is 0 Å². The summed E-state index contributed by atoms with van der Waals surface area (Å²) in [5.41, 5.74) is 0.967. The van der Waals surface area contributed by atoms with Gasteiger partial charge in [0, 0.05) is 13.1 Å². The molecule has 2 unspecified atom stereocenters. The molecule has 4 nitrogen and oxygen atoms in total. The van der Waals surface area contributed by atoms with Crippen LogP contribution in [-0.4, -0.2) is 34.2 Å². The zero-order valence-electron chi connectivity index (χ0n) is 11.0. The van der Waals surface area contributed by atoms with Gasteiger partial charge in [0.05, 0.1) is 16.7 Å². The summed E-state index contributed by atoms with van der Waals surface area (Å²) < 4.78 is 5.52. The second kappa shape index (κ2) is 5.45. The molecule has 3 rings (SSSR count). The molecule has 2 aromatic rings. The molecule has 1 N–H and O–H groups in total. The van der Waals surface area contributed by atoms with E-state index in [1.807, 2.05) is 24.4 Å². The van der Waals surface area contributed by atoms with E-state index in [-0.39, 0.29) is 6.10 Å². The molecule has 0 aromatic carbocycles. The van der Waals surface area contributed by atoms with E-state index in [0.29, 0.717) is 11.8 Å². The van der Waals surface area contributed by atoms with E-state index in [2.05, 4.69) is 9.88 Å². The second-order valence-corrected chi connectivity index (χ2v) is 6.09. The number of aliphatic hydroxyl groups excluding tert-OH is 1. The van der Waals surface area contributed by atoms with Crippen LogP contribution >= 0.6 is 11.3 Å². The van der Waals surface area contributed by atoms with Crippen molar-refractivity contribution >= 4 is 11.3 Å². The van der Waals surface area contributed by atoms with Gasteiger partial charge < -0.3 is 9.52 Å². The van der Waals surface area contributed by atoms with Crippen molar-refractivity contribution in [1.82, 2.24) is 9.88 Å². The van der Waals surface area contributed by atoms with Gasteiger partial charge in [0.2, 0.25) is 5.89 Å². The molecule has 0 amide bonds. The van der Waals surface area contributed by atoms with Crippen molar-refractivity contribution in [2.75, 3.05) is 13.1 Å². The minimum atomic E-state index is -0.219. The molecule has 102 valence electrons. The summed E-state index contributed by atoms with van der Waals surface area (Å²) in [6.45, 7) is 4.65. The molecule has 5 heteroatoms. The number of rotatable bonds is 4. The molecule has 1 fully saturated rings. The third-order valence-electron chi connectivity index (χ3n) is 3.66. The Morgan fingerprint density at radius 1 is 1.63 bits per heavy atom. The average Bonchev–Trinajstić information content (AvgIpc) is 3.09. The first-order chi connectivity index (χ1) is 9.22. The topological polar surface area (TPSA) is 49.5 Å². The number of thiophene rings is 1. The molecule has 0 bridgehead atoms. The molecule has 2 atom stereocenters. The largest absolute Gasteiger partial charge is 0.444 e. The van der Waals surface area contributed by atoms with Crippen molar-refractivity contribution in [2.45, 2.75) is 26.0 Å². The fraction of sp³-hybridized carbons (Fsp3) is 0.500. The summed E-state index contributed by atoms with van der Waals surface area (Å²) in [6, 6.07) is 4.01. The van der Waals surface area contributed by atoms with E-state index < -0.39 is 0 Å². The summed E-state index contributed by atoms with van der Waals surface area (Å²) in [5, 5.41) is 11.6. The highest BCUT2D eigenvalue weighted by Crippen LogP contribution is 2.25. The Kier molecular flexibility index (Phi) is 3.68. The Balaban J connectivity index is 1.62. The summed E-state index contributed by atoms with van der Waals surface area (Å²) in [5.74, 6) is 1.10. The average molecular weight is 278 g/mol. The van der Waals surface area contributed by atoms with E-state index in [1.54, 1.807) is 17.6 Å². The molecule has 0 saturated carbocycles. The van der Waals surface area contributed by atoms with Crippen LogP contribution in [0.25, 0.3) is 10.8 Å². The monoisotopic (exact) mass is 278 g/mol. The van der Waals surface area contributed by atoms with Crippen LogP contribution in [0.4, 0.5) is 0 Å². The van der Waals surface area contributed by atoms with E-state index >= 15 is 0 Å². The zero-order chi connectivity index (χ0) is 13.2. The van der Waals surface area contributed by atoms with Gasteiger partial charge in [-0.1, -0.05) is 6.07 Å². The van der Waals surface area contributed by atoms with Crippen LogP contribution in [0.2, 0.25) is 0 Å². The number of aromatic nitrogens is 1. The quantitative estimate of drug-likeness (QED) is 0.934. The number of hydrogen-bond donors (Lipinski definition) is 1. The molecule has 0 aliphatic carbocycles. The van der Waals surface area contributed by atoms with Crippen molar-refractivity contribution in [3.63, 3.8) is 0 Å². The molecule has 2 aromatic heterocycles. The van der Waals surface area contributed by atoms with Crippen molar-refractivity contribution in [2.24, 2.45) is 5.92 Å². The molecule has 19 heavy (non-hydrogen) atoms. The lowest BCUT2D eigenvalue weighted by molar-refractivity contribution is 0.127. The van der Waals surface area contributed by atoms with Crippen molar-refractivity contribution < 1.29 is 9.52 Å². The molecular formula is C14H18N2O2S. The molecular weight excluding hydrogens is 260 g/mol. The minimum absolute atomic E-state index is 0.219. The normalized spacial score (nSPS) is 21.9. The van der Waals surface area contributed by atoms with Gasteiger partial charge in [-0.05, 0) is 37.3 Å². The van der Waals surface area contributed by atoms with E-state index in [4.69, 9.17) is 4.42 Å². The van der Waals surface area contributed by atoms with Gasteiger partial charge in [-0.15, -0.1) is 11.3 Å². The molecule has 1 aliphatic rings. The molecule has 1 aliphatic heterocycles. The Labute approximate surface area is 116 Å². The Bertz CT molecular complexity index is 521. The van der Waals surface area contributed by atoms with E-state index in [1.165, 1.54) is 0 Å². The third kappa shape index (κ3) is 2.88. The van der Waals surface area contributed by atoms with E-state index in [9.17, 15) is 5.11 Å². The number of hydrogen-bond acceptors (Lipinski definition) is 5. The number of likely N-dealkylation sites (tertiary alicyclic amines) is 1. The van der Waals surface area contributed by atoms with Gasteiger partial charge in [0.1, 0.15) is 6.26 Å². The van der Waals surface area contributed by atoms with Crippen LogP contribution in [0.15, 0.2) is 28.2 Å². The predicted octanol–water partition coefficient (Wildman–Crippen LogP) is 2.61. The standard InChI is InChI=1S/C14H18N2O2S/c1-10(17)11-4-5-16(7-11)8-12-9-18-14(15-12)13-3-2-6-19-13/h2-3,6,9-11,17H,4-5,7-8H2,1H3. The van der Waals surface area contributed by atoms with Crippen LogP contribution < -0.4 is 0 Å². The maximum atomic E-state index is 9.61. The molecule has 0 radical (unpaired) electrons. The van der Waals surface area contributed by atoms with Gasteiger partial charge >= 0.3 is 0 Å². The summed E-state index contributed by atoms with van der Waals surface area (Å²) >= 11 is 1.63. The third-order valence-corrected chi connectivity index (χ3v) is 4.52. The van der Waals surface area contributed by atoms with Crippen molar-refractivity contribution in [3.8, 4) is 10.8 Å². The molecule has 1 saturated heterocycles. The Hall–Kier alpha value is -1.17. The first-order valence-electron chi connectivity index (χ1n) is 6.61.